The second kappa shape index (κ2) is 10.5. The molecule has 0 spiro atoms. The molecule has 0 fully saturated rings. The molecule has 0 aliphatic rings. The quantitative estimate of drug-likeness (QED) is 0.505. The van der Waals surface area contributed by atoms with Crippen LogP contribution in [0.1, 0.15) is 21.5 Å². The lowest BCUT2D eigenvalue weighted by atomic mass is 10.1. The molecule has 178 valence electrons. The third-order valence-corrected chi connectivity index (χ3v) is 7.23. The number of aryl methyl sites for hydroxylation is 1. The number of sulfonamides is 1. The molecule has 0 unspecified atom stereocenters. The topological polar surface area (TPSA) is 105 Å². The lowest BCUT2D eigenvalue weighted by Gasteiger charge is -2.17. The van der Waals surface area contributed by atoms with Gasteiger partial charge in [0.25, 0.3) is 11.8 Å². The first-order valence-corrected chi connectivity index (χ1v) is 12.0. The van der Waals surface area contributed by atoms with Gasteiger partial charge < -0.3 is 4.74 Å². The summed E-state index contributed by atoms with van der Waals surface area (Å²) in [6, 6.07) is 19.8. The van der Waals surface area contributed by atoms with Crippen molar-refractivity contribution < 1.29 is 22.7 Å². The molecule has 3 rings (SSSR count). The van der Waals surface area contributed by atoms with E-state index in [0.29, 0.717) is 16.9 Å². The SMILES string of the molecule is Cc1cc(C(=O)NNC(=O)COc2ccccc2-c2ccccc2)cc(S(=O)(=O)N(C)C)c1C. The largest absolute Gasteiger partial charge is 0.483 e. The Morgan fingerprint density at radius 2 is 1.56 bits per heavy atom. The van der Waals surface area contributed by atoms with E-state index in [1.54, 1.807) is 32.0 Å². The molecule has 2 N–H and O–H groups in total. The van der Waals surface area contributed by atoms with Crippen LogP contribution in [0.25, 0.3) is 11.1 Å². The maximum Gasteiger partial charge on any atom is 0.276 e. The molecule has 0 aliphatic heterocycles. The summed E-state index contributed by atoms with van der Waals surface area (Å²) >= 11 is 0. The van der Waals surface area contributed by atoms with Crippen LogP contribution in [0, 0.1) is 13.8 Å². The number of carbonyl (C=O) groups excluding carboxylic acids is 2. The van der Waals surface area contributed by atoms with Crippen molar-refractivity contribution >= 4 is 21.8 Å². The van der Waals surface area contributed by atoms with Gasteiger partial charge in [-0.05, 0) is 48.7 Å². The summed E-state index contributed by atoms with van der Waals surface area (Å²) in [7, 11) is -0.890. The van der Waals surface area contributed by atoms with Gasteiger partial charge in [0.2, 0.25) is 10.0 Å². The van der Waals surface area contributed by atoms with Crippen molar-refractivity contribution in [2.45, 2.75) is 18.7 Å². The minimum Gasteiger partial charge on any atom is -0.483 e. The van der Waals surface area contributed by atoms with Crippen LogP contribution in [0.4, 0.5) is 0 Å². The molecule has 3 aromatic rings. The molecule has 0 aromatic heterocycles. The van der Waals surface area contributed by atoms with Gasteiger partial charge in [-0.3, -0.25) is 20.4 Å². The summed E-state index contributed by atoms with van der Waals surface area (Å²) in [4.78, 5) is 24.9. The van der Waals surface area contributed by atoms with Gasteiger partial charge in [0.15, 0.2) is 6.61 Å². The van der Waals surface area contributed by atoms with Crippen LogP contribution in [0.5, 0.6) is 5.75 Å². The van der Waals surface area contributed by atoms with E-state index in [2.05, 4.69) is 10.9 Å². The van der Waals surface area contributed by atoms with Crippen molar-refractivity contribution in [3.8, 4) is 16.9 Å². The van der Waals surface area contributed by atoms with Gasteiger partial charge in [0, 0.05) is 25.2 Å². The van der Waals surface area contributed by atoms with E-state index >= 15 is 0 Å². The first-order chi connectivity index (χ1) is 16.1. The first-order valence-electron chi connectivity index (χ1n) is 10.5. The lowest BCUT2D eigenvalue weighted by Crippen LogP contribution is -2.44. The minimum absolute atomic E-state index is 0.0369. The Hall–Kier alpha value is -3.69. The second-order valence-electron chi connectivity index (χ2n) is 7.86. The zero-order valence-electron chi connectivity index (χ0n) is 19.5. The number of nitrogens with zero attached hydrogens (tertiary/aromatic N) is 1. The van der Waals surface area contributed by atoms with E-state index in [0.717, 1.165) is 15.4 Å². The predicted molar refractivity (Wildman–Crippen MR) is 130 cm³/mol. The summed E-state index contributed by atoms with van der Waals surface area (Å²) in [5.41, 5.74) is 7.70. The van der Waals surface area contributed by atoms with Crippen LogP contribution in [0.15, 0.2) is 71.6 Å². The van der Waals surface area contributed by atoms with Gasteiger partial charge >= 0.3 is 0 Å². The summed E-state index contributed by atoms with van der Waals surface area (Å²) in [6.07, 6.45) is 0. The van der Waals surface area contributed by atoms with E-state index in [1.807, 2.05) is 42.5 Å². The summed E-state index contributed by atoms with van der Waals surface area (Å²) in [5, 5.41) is 0. The van der Waals surface area contributed by atoms with Crippen molar-refractivity contribution in [1.29, 1.82) is 0 Å². The molecule has 34 heavy (non-hydrogen) atoms. The van der Waals surface area contributed by atoms with Crippen molar-refractivity contribution in [3.63, 3.8) is 0 Å². The lowest BCUT2D eigenvalue weighted by molar-refractivity contribution is -0.123. The number of hydrogen-bond donors (Lipinski definition) is 2. The maximum absolute atomic E-state index is 12.6. The average Bonchev–Trinajstić information content (AvgIpc) is 2.83. The number of hydrogen-bond acceptors (Lipinski definition) is 5. The van der Waals surface area contributed by atoms with E-state index in [4.69, 9.17) is 4.74 Å². The highest BCUT2D eigenvalue weighted by Crippen LogP contribution is 2.29. The average molecular weight is 482 g/mol. The fourth-order valence-electron chi connectivity index (χ4n) is 3.25. The predicted octanol–water partition coefficient (Wildman–Crippen LogP) is 3.06. The number of nitrogens with one attached hydrogen (secondary N) is 2. The van der Waals surface area contributed by atoms with Crippen LogP contribution in [0.2, 0.25) is 0 Å². The third-order valence-electron chi connectivity index (χ3n) is 5.29. The second-order valence-corrected chi connectivity index (χ2v) is 9.98. The molecule has 0 atom stereocenters. The van der Waals surface area contributed by atoms with Crippen molar-refractivity contribution in [3.05, 3.63) is 83.4 Å². The molecule has 0 aliphatic carbocycles. The normalized spacial score (nSPS) is 11.2. The minimum atomic E-state index is -3.74. The molecule has 0 heterocycles. The van der Waals surface area contributed by atoms with Crippen LogP contribution in [0.3, 0.4) is 0 Å². The molecule has 3 aromatic carbocycles. The highest BCUT2D eigenvalue weighted by atomic mass is 32.2. The van der Waals surface area contributed by atoms with Crippen molar-refractivity contribution in [1.82, 2.24) is 15.2 Å². The molecular formula is C25H27N3O5S. The number of rotatable bonds is 7. The highest BCUT2D eigenvalue weighted by molar-refractivity contribution is 7.89. The number of para-hydroxylation sites is 1. The number of hydrazine groups is 1. The molecule has 0 radical (unpaired) electrons. The Morgan fingerprint density at radius 3 is 2.24 bits per heavy atom. The molecule has 9 heteroatoms. The molecule has 8 nitrogen and oxygen atoms in total. The van der Waals surface area contributed by atoms with Crippen LogP contribution >= 0.6 is 0 Å². The van der Waals surface area contributed by atoms with Gasteiger partial charge in [0.05, 0.1) is 4.90 Å². The summed E-state index contributed by atoms with van der Waals surface area (Å²) < 4.78 is 32.0. The Kier molecular flexibility index (Phi) is 7.70. The number of amides is 2. The van der Waals surface area contributed by atoms with Crippen molar-refractivity contribution in [2.24, 2.45) is 0 Å². The monoisotopic (exact) mass is 481 g/mol. The molecule has 2 amide bonds. The van der Waals surface area contributed by atoms with Gasteiger partial charge in [-0.25, -0.2) is 12.7 Å². The number of benzene rings is 3. The third kappa shape index (κ3) is 5.62. The van der Waals surface area contributed by atoms with Gasteiger partial charge in [0.1, 0.15) is 5.75 Å². The van der Waals surface area contributed by atoms with Crippen LogP contribution in [-0.4, -0.2) is 45.2 Å². The zero-order chi connectivity index (χ0) is 24.9. The zero-order valence-corrected chi connectivity index (χ0v) is 20.3. The van der Waals surface area contributed by atoms with E-state index in [1.165, 1.54) is 20.2 Å². The fourth-order valence-corrected chi connectivity index (χ4v) is 4.47. The van der Waals surface area contributed by atoms with Gasteiger partial charge in [-0.2, -0.15) is 0 Å². The Balaban J connectivity index is 1.66. The van der Waals surface area contributed by atoms with E-state index in [-0.39, 0.29) is 17.1 Å². The number of carbonyl (C=O) groups is 2. The summed E-state index contributed by atoms with van der Waals surface area (Å²) in [5.74, 6) is -0.680. The molecule has 0 saturated carbocycles. The summed E-state index contributed by atoms with van der Waals surface area (Å²) in [6.45, 7) is 3.08. The molecule has 0 bridgehead atoms. The fraction of sp³-hybridized carbons (Fsp3) is 0.200. The first kappa shape index (κ1) is 24.9. The Morgan fingerprint density at radius 1 is 0.912 bits per heavy atom. The highest BCUT2D eigenvalue weighted by Gasteiger charge is 2.23. The molecule has 0 saturated heterocycles. The smallest absolute Gasteiger partial charge is 0.276 e. The Labute approximate surface area is 199 Å². The van der Waals surface area contributed by atoms with Crippen molar-refractivity contribution in [2.75, 3.05) is 20.7 Å². The van der Waals surface area contributed by atoms with Crippen LogP contribution < -0.4 is 15.6 Å². The maximum atomic E-state index is 12.6. The van der Waals surface area contributed by atoms with E-state index in [9.17, 15) is 18.0 Å². The van der Waals surface area contributed by atoms with Gasteiger partial charge in [-0.1, -0.05) is 48.5 Å². The number of ether oxygens (including phenoxy) is 1. The van der Waals surface area contributed by atoms with Gasteiger partial charge in [-0.15, -0.1) is 0 Å². The van der Waals surface area contributed by atoms with Crippen LogP contribution in [-0.2, 0) is 14.8 Å². The standard InChI is InChI=1S/C25H27N3O5S/c1-17-14-20(15-23(18(17)2)34(31,32)28(3)4)25(30)27-26-24(29)16-33-22-13-9-8-12-21(22)19-10-6-5-7-11-19/h5-15H,16H2,1-4H3,(H,26,29)(H,27,30). The Bertz CT molecular complexity index is 1310. The molecular weight excluding hydrogens is 454 g/mol. The van der Waals surface area contributed by atoms with E-state index < -0.39 is 21.8 Å².